The van der Waals surface area contributed by atoms with Crippen molar-refractivity contribution in [1.82, 2.24) is 15.3 Å². The lowest BCUT2D eigenvalue weighted by molar-refractivity contribution is 0.515. The van der Waals surface area contributed by atoms with Crippen molar-refractivity contribution < 1.29 is 0 Å². The Bertz CT molecular complexity index is 712. The molecule has 0 spiro atoms. The van der Waals surface area contributed by atoms with Gasteiger partial charge in [-0.05, 0) is 37.1 Å². The molecule has 1 aliphatic rings. The number of benzene rings is 1. The quantitative estimate of drug-likeness (QED) is 0.724. The van der Waals surface area contributed by atoms with Crippen molar-refractivity contribution in [2.75, 3.05) is 7.05 Å². The molecule has 0 saturated heterocycles. The second kappa shape index (κ2) is 4.66. The van der Waals surface area contributed by atoms with Crippen LogP contribution in [0.2, 0.25) is 0 Å². The summed E-state index contributed by atoms with van der Waals surface area (Å²) in [6.07, 6.45) is 3.75. The number of nitrogens with one attached hydrogen (secondary N) is 3. The molecule has 5 heteroatoms. The molecule has 0 radical (unpaired) electrons. The van der Waals surface area contributed by atoms with Crippen molar-refractivity contribution in [2.24, 2.45) is 5.92 Å². The fourth-order valence-corrected chi connectivity index (χ4v) is 2.46. The van der Waals surface area contributed by atoms with Crippen LogP contribution in [-0.4, -0.2) is 17.0 Å². The predicted molar refractivity (Wildman–Crippen MR) is 74.3 cm³/mol. The van der Waals surface area contributed by atoms with Crippen LogP contribution < -0.4 is 16.4 Å². The van der Waals surface area contributed by atoms with Crippen LogP contribution in [0.3, 0.4) is 0 Å². The molecular formula is C14H17N3O2. The molecule has 100 valence electrons. The summed E-state index contributed by atoms with van der Waals surface area (Å²) in [5, 5.41) is 3.32. The van der Waals surface area contributed by atoms with Crippen LogP contribution in [0, 0.1) is 5.92 Å². The van der Waals surface area contributed by atoms with Crippen LogP contribution in [0.15, 0.2) is 27.8 Å². The normalized spacial score (nSPS) is 16.7. The van der Waals surface area contributed by atoms with Crippen molar-refractivity contribution in [1.29, 1.82) is 0 Å². The van der Waals surface area contributed by atoms with Gasteiger partial charge in [0.15, 0.2) is 0 Å². The molecule has 2 aromatic rings. The predicted octanol–water partition coefficient (Wildman–Crippen LogP) is 1.28. The Hall–Kier alpha value is -1.88. The summed E-state index contributed by atoms with van der Waals surface area (Å²) in [6, 6.07) is 6.09. The molecule has 1 aliphatic carbocycles. The van der Waals surface area contributed by atoms with Gasteiger partial charge in [0.05, 0.1) is 11.0 Å². The summed E-state index contributed by atoms with van der Waals surface area (Å²) >= 11 is 0. The molecule has 3 rings (SSSR count). The highest BCUT2D eigenvalue weighted by Gasteiger charge is 2.25. The van der Waals surface area contributed by atoms with Gasteiger partial charge in [0, 0.05) is 6.04 Å². The number of aromatic nitrogens is 2. The summed E-state index contributed by atoms with van der Waals surface area (Å²) < 4.78 is 0. The van der Waals surface area contributed by atoms with Crippen LogP contribution in [0.1, 0.15) is 30.9 Å². The zero-order valence-electron chi connectivity index (χ0n) is 10.8. The van der Waals surface area contributed by atoms with Crippen molar-refractivity contribution in [3.63, 3.8) is 0 Å². The van der Waals surface area contributed by atoms with Gasteiger partial charge < -0.3 is 15.3 Å². The average Bonchev–Trinajstić information content (AvgIpc) is 3.21. The highest BCUT2D eigenvalue weighted by atomic mass is 16.2. The lowest BCUT2D eigenvalue weighted by Crippen LogP contribution is -2.29. The van der Waals surface area contributed by atoms with E-state index in [1.54, 1.807) is 0 Å². The van der Waals surface area contributed by atoms with Crippen LogP contribution >= 0.6 is 0 Å². The van der Waals surface area contributed by atoms with E-state index in [0.29, 0.717) is 17.1 Å². The standard InChI is InChI=1S/C14H17N3O2/c1-15-11(6-8-2-3-8)9-4-5-10-12(7-9)17-14(19)13(18)16-10/h4-5,7-8,11,15H,2-3,6H2,1H3,(H,16,18)(H,17,19). The number of hydrogen-bond donors (Lipinski definition) is 3. The van der Waals surface area contributed by atoms with E-state index in [-0.39, 0.29) is 0 Å². The van der Waals surface area contributed by atoms with E-state index in [0.717, 1.165) is 17.9 Å². The van der Waals surface area contributed by atoms with E-state index in [9.17, 15) is 9.59 Å². The van der Waals surface area contributed by atoms with Gasteiger partial charge in [-0.2, -0.15) is 0 Å². The third-order valence-electron chi connectivity index (χ3n) is 3.76. The van der Waals surface area contributed by atoms with Crippen LogP contribution in [0.4, 0.5) is 0 Å². The molecule has 1 saturated carbocycles. The highest BCUT2D eigenvalue weighted by molar-refractivity contribution is 5.74. The number of aromatic amines is 2. The van der Waals surface area contributed by atoms with Crippen molar-refractivity contribution in [2.45, 2.75) is 25.3 Å². The molecule has 0 amide bonds. The zero-order chi connectivity index (χ0) is 13.4. The lowest BCUT2D eigenvalue weighted by Gasteiger charge is -2.16. The fraction of sp³-hybridized carbons (Fsp3) is 0.429. The molecule has 1 atom stereocenters. The van der Waals surface area contributed by atoms with Crippen molar-refractivity contribution in [3.8, 4) is 0 Å². The molecule has 1 fully saturated rings. The third kappa shape index (κ3) is 2.46. The summed E-state index contributed by atoms with van der Waals surface area (Å²) in [5.41, 5.74) is 1.27. The molecular weight excluding hydrogens is 242 g/mol. The molecule has 1 aromatic carbocycles. The fourth-order valence-electron chi connectivity index (χ4n) is 2.46. The highest BCUT2D eigenvalue weighted by Crippen LogP contribution is 2.37. The first-order valence-corrected chi connectivity index (χ1v) is 6.61. The van der Waals surface area contributed by atoms with E-state index in [1.807, 2.05) is 25.2 Å². The summed E-state index contributed by atoms with van der Waals surface area (Å²) in [7, 11) is 1.95. The minimum absolute atomic E-state index is 0.298. The number of fused-ring (bicyclic) bond motifs is 1. The van der Waals surface area contributed by atoms with Crippen LogP contribution in [0.25, 0.3) is 11.0 Å². The molecule has 5 nitrogen and oxygen atoms in total. The second-order valence-corrected chi connectivity index (χ2v) is 5.23. The zero-order valence-corrected chi connectivity index (χ0v) is 10.8. The summed E-state index contributed by atoms with van der Waals surface area (Å²) in [6.45, 7) is 0. The molecule has 3 N–H and O–H groups in total. The Morgan fingerprint density at radius 2 is 1.89 bits per heavy atom. The molecule has 0 aliphatic heterocycles. The Morgan fingerprint density at radius 1 is 1.21 bits per heavy atom. The monoisotopic (exact) mass is 259 g/mol. The minimum atomic E-state index is -0.608. The van der Waals surface area contributed by atoms with Crippen molar-refractivity contribution >= 4 is 11.0 Å². The van der Waals surface area contributed by atoms with Crippen molar-refractivity contribution in [3.05, 3.63) is 44.5 Å². The van der Waals surface area contributed by atoms with Gasteiger partial charge in [-0.25, -0.2) is 0 Å². The smallest absolute Gasteiger partial charge is 0.314 e. The van der Waals surface area contributed by atoms with Gasteiger partial charge in [0.1, 0.15) is 0 Å². The van der Waals surface area contributed by atoms with E-state index in [4.69, 9.17) is 0 Å². The SMILES string of the molecule is CNC(CC1CC1)c1ccc2[nH]c(=O)c(=O)[nH]c2c1. The van der Waals surface area contributed by atoms with E-state index >= 15 is 0 Å². The largest absolute Gasteiger partial charge is 0.316 e. The Kier molecular flexibility index (Phi) is 2.98. The molecule has 19 heavy (non-hydrogen) atoms. The maximum Gasteiger partial charge on any atom is 0.314 e. The molecule has 1 aromatic heterocycles. The Balaban J connectivity index is 2.01. The molecule has 1 heterocycles. The van der Waals surface area contributed by atoms with Gasteiger partial charge in [-0.15, -0.1) is 0 Å². The van der Waals surface area contributed by atoms with Gasteiger partial charge in [0.2, 0.25) is 0 Å². The third-order valence-corrected chi connectivity index (χ3v) is 3.76. The van der Waals surface area contributed by atoms with Gasteiger partial charge in [0.25, 0.3) is 0 Å². The molecule has 1 unspecified atom stereocenters. The Labute approximate surface area is 110 Å². The summed E-state index contributed by atoms with van der Waals surface area (Å²) in [5.74, 6) is 0.822. The van der Waals surface area contributed by atoms with Gasteiger partial charge in [-0.3, -0.25) is 9.59 Å². The van der Waals surface area contributed by atoms with Crippen LogP contribution in [0.5, 0.6) is 0 Å². The summed E-state index contributed by atoms with van der Waals surface area (Å²) in [4.78, 5) is 27.8. The lowest BCUT2D eigenvalue weighted by atomic mass is 10.0. The van der Waals surface area contributed by atoms with E-state index < -0.39 is 11.1 Å². The first-order valence-electron chi connectivity index (χ1n) is 6.61. The maximum absolute atomic E-state index is 11.4. The molecule has 0 bridgehead atoms. The van der Waals surface area contributed by atoms with E-state index in [1.165, 1.54) is 12.8 Å². The van der Waals surface area contributed by atoms with Gasteiger partial charge in [-0.1, -0.05) is 18.9 Å². The minimum Gasteiger partial charge on any atom is -0.316 e. The second-order valence-electron chi connectivity index (χ2n) is 5.23. The Morgan fingerprint density at radius 3 is 2.53 bits per heavy atom. The van der Waals surface area contributed by atoms with E-state index in [2.05, 4.69) is 15.3 Å². The number of hydrogen-bond acceptors (Lipinski definition) is 3. The first-order chi connectivity index (χ1) is 9.17. The first kappa shape index (κ1) is 12.2. The average molecular weight is 259 g/mol. The number of rotatable bonds is 4. The maximum atomic E-state index is 11.4. The topological polar surface area (TPSA) is 77.8 Å². The van der Waals surface area contributed by atoms with Gasteiger partial charge >= 0.3 is 11.1 Å². The number of H-pyrrole nitrogens is 2. The van der Waals surface area contributed by atoms with Crippen LogP contribution in [-0.2, 0) is 0 Å².